The van der Waals surface area contributed by atoms with Gasteiger partial charge in [-0.25, -0.2) is 8.78 Å². The maximum atomic E-state index is 13.1. The van der Waals surface area contributed by atoms with E-state index in [4.69, 9.17) is 0 Å². The summed E-state index contributed by atoms with van der Waals surface area (Å²) in [5.74, 6) is -2.83. The van der Waals surface area contributed by atoms with Gasteiger partial charge in [-0.2, -0.15) is 0 Å². The maximum absolute atomic E-state index is 13.1. The summed E-state index contributed by atoms with van der Waals surface area (Å²) in [5, 5.41) is 4.90. The van der Waals surface area contributed by atoms with E-state index >= 15 is 0 Å². The molecule has 0 aromatic heterocycles. The summed E-state index contributed by atoms with van der Waals surface area (Å²) in [6.07, 6.45) is 0. The summed E-state index contributed by atoms with van der Waals surface area (Å²) < 4.78 is 25.9. The first-order chi connectivity index (χ1) is 11.0. The molecule has 0 heterocycles. The van der Waals surface area contributed by atoms with Gasteiger partial charge in [-0.3, -0.25) is 14.5 Å². The smallest absolute Gasteiger partial charge is 0.243 e. The monoisotopic (exact) mass is 341 g/mol. The quantitative estimate of drug-likeness (QED) is 0.835. The Morgan fingerprint density at radius 1 is 1.17 bits per heavy atom. The lowest BCUT2D eigenvalue weighted by molar-refractivity contribution is -0.125. The lowest BCUT2D eigenvalue weighted by Gasteiger charge is -2.34. The van der Waals surface area contributed by atoms with Crippen molar-refractivity contribution in [3.05, 3.63) is 29.8 Å². The molecule has 1 unspecified atom stereocenters. The number of rotatable bonds is 6. The van der Waals surface area contributed by atoms with Gasteiger partial charge in [0, 0.05) is 17.8 Å². The largest absolute Gasteiger partial charge is 0.346 e. The minimum absolute atomic E-state index is 0.0268. The fourth-order valence-electron chi connectivity index (χ4n) is 2.04. The first-order valence-corrected chi connectivity index (χ1v) is 7.72. The van der Waals surface area contributed by atoms with Crippen molar-refractivity contribution >= 4 is 17.5 Å². The third-order valence-corrected chi connectivity index (χ3v) is 3.96. The maximum Gasteiger partial charge on any atom is 0.243 e. The summed E-state index contributed by atoms with van der Waals surface area (Å²) in [7, 11) is 1.84. The molecule has 0 bridgehead atoms. The van der Waals surface area contributed by atoms with Crippen molar-refractivity contribution in [3.8, 4) is 0 Å². The second-order valence-corrected chi connectivity index (χ2v) is 6.91. The highest BCUT2D eigenvalue weighted by Gasteiger charge is 2.25. The number of amides is 2. The van der Waals surface area contributed by atoms with Crippen molar-refractivity contribution in [2.75, 3.05) is 25.5 Å². The van der Waals surface area contributed by atoms with Gasteiger partial charge in [0.05, 0.1) is 13.1 Å². The number of benzene rings is 1. The Hall–Kier alpha value is -2.02. The molecule has 5 nitrogen and oxygen atoms in total. The molecule has 0 aliphatic carbocycles. The van der Waals surface area contributed by atoms with Gasteiger partial charge in [-0.15, -0.1) is 0 Å². The Morgan fingerprint density at radius 3 is 2.33 bits per heavy atom. The number of halogens is 2. The van der Waals surface area contributed by atoms with Crippen LogP contribution in [0.3, 0.4) is 0 Å². The SMILES string of the molecule is CC(N(C)CC(=O)NCC(=O)Nc1ccc(F)c(F)c1)C(C)(C)C. The number of likely N-dealkylation sites (N-methyl/N-ethyl adjacent to an activating group) is 1. The zero-order valence-electron chi connectivity index (χ0n) is 14.7. The molecule has 24 heavy (non-hydrogen) atoms. The van der Waals surface area contributed by atoms with Crippen molar-refractivity contribution in [1.82, 2.24) is 10.2 Å². The average Bonchev–Trinajstić information content (AvgIpc) is 2.47. The van der Waals surface area contributed by atoms with Crippen LogP contribution in [0.15, 0.2) is 18.2 Å². The number of nitrogens with zero attached hydrogens (tertiary/aromatic N) is 1. The lowest BCUT2D eigenvalue weighted by atomic mass is 9.87. The standard InChI is InChI=1S/C17H25F2N3O2/c1-11(17(2,3)4)22(5)10-16(24)20-9-15(23)21-12-6-7-13(18)14(19)8-12/h6-8,11H,9-10H2,1-5H3,(H,20,24)(H,21,23). The summed E-state index contributed by atoms with van der Waals surface area (Å²) in [6.45, 7) is 8.21. The van der Waals surface area contributed by atoms with Gasteiger partial charge < -0.3 is 10.6 Å². The summed E-state index contributed by atoms with van der Waals surface area (Å²) in [4.78, 5) is 25.5. The summed E-state index contributed by atoms with van der Waals surface area (Å²) in [6, 6.07) is 3.23. The molecule has 2 N–H and O–H groups in total. The molecular weight excluding hydrogens is 316 g/mol. The number of carbonyl (C=O) groups excluding carboxylic acids is 2. The Labute approximate surface area is 141 Å². The van der Waals surface area contributed by atoms with Crippen LogP contribution in [0.5, 0.6) is 0 Å². The number of carbonyl (C=O) groups is 2. The van der Waals surface area contributed by atoms with E-state index in [0.29, 0.717) is 0 Å². The van der Waals surface area contributed by atoms with Crippen LogP contribution in [0.25, 0.3) is 0 Å². The molecule has 2 amide bonds. The van der Waals surface area contributed by atoms with Crippen molar-refractivity contribution in [3.63, 3.8) is 0 Å². The van der Waals surface area contributed by atoms with Gasteiger partial charge in [0.1, 0.15) is 0 Å². The normalized spacial score (nSPS) is 12.8. The Kier molecular flexibility index (Phi) is 6.83. The van der Waals surface area contributed by atoms with Crippen LogP contribution >= 0.6 is 0 Å². The van der Waals surface area contributed by atoms with Crippen LogP contribution in [0.1, 0.15) is 27.7 Å². The van der Waals surface area contributed by atoms with Crippen molar-refractivity contribution < 1.29 is 18.4 Å². The third kappa shape index (κ3) is 6.23. The van der Waals surface area contributed by atoms with E-state index in [1.54, 1.807) is 0 Å². The molecule has 134 valence electrons. The molecule has 0 aliphatic rings. The lowest BCUT2D eigenvalue weighted by Crippen LogP contribution is -2.45. The molecule has 0 fully saturated rings. The van der Waals surface area contributed by atoms with Gasteiger partial charge >= 0.3 is 0 Å². The van der Waals surface area contributed by atoms with Crippen LogP contribution in [0.2, 0.25) is 0 Å². The first-order valence-electron chi connectivity index (χ1n) is 7.72. The predicted octanol–water partition coefficient (Wildman–Crippen LogP) is 2.39. The second-order valence-electron chi connectivity index (χ2n) is 6.91. The van der Waals surface area contributed by atoms with Crippen molar-refractivity contribution in [2.45, 2.75) is 33.7 Å². The average molecular weight is 341 g/mol. The van der Waals surface area contributed by atoms with Crippen molar-refractivity contribution in [2.24, 2.45) is 5.41 Å². The van der Waals surface area contributed by atoms with Crippen LogP contribution in [0.4, 0.5) is 14.5 Å². The molecule has 0 aliphatic heterocycles. The Morgan fingerprint density at radius 2 is 1.79 bits per heavy atom. The molecule has 0 saturated carbocycles. The highest BCUT2D eigenvalue weighted by Crippen LogP contribution is 2.22. The third-order valence-electron chi connectivity index (χ3n) is 3.96. The number of hydrogen-bond acceptors (Lipinski definition) is 3. The molecule has 7 heteroatoms. The highest BCUT2D eigenvalue weighted by molar-refractivity contribution is 5.94. The van der Waals surface area contributed by atoms with E-state index in [2.05, 4.69) is 31.4 Å². The molecule has 1 aromatic rings. The van der Waals surface area contributed by atoms with E-state index in [1.807, 2.05) is 18.9 Å². The van der Waals surface area contributed by atoms with E-state index in [9.17, 15) is 18.4 Å². The van der Waals surface area contributed by atoms with Crippen LogP contribution in [-0.4, -0.2) is 42.9 Å². The van der Waals surface area contributed by atoms with Gasteiger partial charge in [0.2, 0.25) is 11.8 Å². The molecular formula is C17H25F2N3O2. The van der Waals surface area contributed by atoms with E-state index < -0.39 is 17.5 Å². The Balaban J connectivity index is 2.43. The molecule has 0 saturated heterocycles. The zero-order chi connectivity index (χ0) is 18.5. The number of hydrogen-bond donors (Lipinski definition) is 2. The zero-order valence-corrected chi connectivity index (χ0v) is 14.7. The minimum atomic E-state index is -1.05. The first kappa shape index (κ1) is 20.0. The van der Waals surface area contributed by atoms with Gasteiger partial charge in [-0.1, -0.05) is 20.8 Å². The van der Waals surface area contributed by atoms with Gasteiger partial charge in [0.25, 0.3) is 0 Å². The van der Waals surface area contributed by atoms with Crippen molar-refractivity contribution in [1.29, 1.82) is 0 Å². The fourth-order valence-corrected chi connectivity index (χ4v) is 2.04. The van der Waals surface area contributed by atoms with Crippen LogP contribution in [0, 0.1) is 17.0 Å². The summed E-state index contributed by atoms with van der Waals surface area (Å²) >= 11 is 0. The predicted molar refractivity (Wildman–Crippen MR) is 89.5 cm³/mol. The molecule has 1 rings (SSSR count). The van der Waals surface area contributed by atoms with Gasteiger partial charge in [0.15, 0.2) is 11.6 Å². The number of anilines is 1. The van der Waals surface area contributed by atoms with E-state index in [1.165, 1.54) is 6.07 Å². The molecule has 0 spiro atoms. The van der Waals surface area contributed by atoms with Gasteiger partial charge in [-0.05, 0) is 31.5 Å². The topological polar surface area (TPSA) is 61.4 Å². The van der Waals surface area contributed by atoms with E-state index in [0.717, 1.165) is 12.1 Å². The number of nitrogens with one attached hydrogen (secondary N) is 2. The molecule has 1 atom stereocenters. The van der Waals surface area contributed by atoms with Crippen LogP contribution in [-0.2, 0) is 9.59 Å². The van der Waals surface area contributed by atoms with E-state index in [-0.39, 0.29) is 36.1 Å². The highest BCUT2D eigenvalue weighted by atomic mass is 19.2. The summed E-state index contributed by atoms with van der Waals surface area (Å²) in [5.41, 5.74) is 0.158. The second kappa shape index (κ2) is 8.19. The fraction of sp³-hybridized carbons (Fsp3) is 0.529. The Bertz CT molecular complexity index is 600. The molecule has 1 aromatic carbocycles. The molecule has 0 radical (unpaired) electrons. The minimum Gasteiger partial charge on any atom is -0.346 e. The van der Waals surface area contributed by atoms with Crippen LogP contribution < -0.4 is 10.6 Å².